The molecule has 0 fully saturated rings. The number of hydrogen-bond donors (Lipinski definition) is 1. The van der Waals surface area contributed by atoms with E-state index in [1.165, 1.54) is 5.56 Å². The van der Waals surface area contributed by atoms with Crippen molar-refractivity contribution in [2.24, 2.45) is 11.8 Å². The van der Waals surface area contributed by atoms with Crippen LogP contribution in [0.3, 0.4) is 0 Å². The lowest BCUT2D eigenvalue weighted by molar-refractivity contribution is -0.139. The molecule has 1 aromatic rings. The van der Waals surface area contributed by atoms with Gasteiger partial charge < -0.3 is 5.11 Å². The molecule has 0 heterocycles. The Kier molecular flexibility index (Phi) is 4.73. The molecule has 2 heteroatoms. The van der Waals surface area contributed by atoms with Crippen molar-refractivity contribution in [3.8, 4) is 0 Å². The average Bonchev–Trinajstić information content (AvgIpc) is 2.18. The zero-order chi connectivity index (χ0) is 13.0. The van der Waals surface area contributed by atoms with Gasteiger partial charge in [-0.3, -0.25) is 4.79 Å². The van der Waals surface area contributed by atoms with Crippen LogP contribution in [0.2, 0.25) is 0 Å². The van der Waals surface area contributed by atoms with Crippen molar-refractivity contribution >= 4 is 5.97 Å². The molecule has 0 bridgehead atoms. The topological polar surface area (TPSA) is 37.3 Å². The molecule has 0 aliphatic heterocycles. The maximum Gasteiger partial charge on any atom is 0.311 e. The van der Waals surface area contributed by atoms with Crippen molar-refractivity contribution in [1.82, 2.24) is 0 Å². The third kappa shape index (κ3) is 3.88. The van der Waals surface area contributed by atoms with Gasteiger partial charge in [0.25, 0.3) is 0 Å². The molecule has 0 spiro atoms. The second kappa shape index (κ2) is 5.85. The first kappa shape index (κ1) is 13.8. The van der Waals surface area contributed by atoms with Crippen molar-refractivity contribution in [2.75, 3.05) is 0 Å². The van der Waals surface area contributed by atoms with Gasteiger partial charge in [-0.05, 0) is 29.4 Å². The van der Waals surface area contributed by atoms with Gasteiger partial charge in [0, 0.05) is 0 Å². The molecule has 94 valence electrons. The Bertz CT molecular complexity index is 363. The highest BCUT2D eigenvalue weighted by molar-refractivity contribution is 5.76. The highest BCUT2D eigenvalue weighted by Crippen LogP contribution is 2.25. The third-order valence-electron chi connectivity index (χ3n) is 2.92. The van der Waals surface area contributed by atoms with Crippen LogP contribution in [0.25, 0.3) is 0 Å². The van der Waals surface area contributed by atoms with E-state index in [0.29, 0.717) is 5.92 Å². The van der Waals surface area contributed by atoms with Crippen LogP contribution in [-0.2, 0) is 11.2 Å². The Hall–Kier alpha value is -1.31. The molecule has 0 aromatic heterocycles. The number of hydrogen-bond acceptors (Lipinski definition) is 1. The number of carboxylic acids is 1. The molecule has 0 aliphatic rings. The Labute approximate surface area is 104 Å². The van der Waals surface area contributed by atoms with Crippen molar-refractivity contribution in [2.45, 2.75) is 40.0 Å². The SMILES string of the molecule is CC(C)Cc1ccc([C@H](C(=O)O)C(C)C)cc1. The molecule has 17 heavy (non-hydrogen) atoms. The normalized spacial score (nSPS) is 13.1. The van der Waals surface area contributed by atoms with E-state index in [0.717, 1.165) is 12.0 Å². The fourth-order valence-corrected chi connectivity index (χ4v) is 2.15. The van der Waals surface area contributed by atoms with Crippen LogP contribution in [0.15, 0.2) is 24.3 Å². The van der Waals surface area contributed by atoms with E-state index in [1.54, 1.807) is 0 Å². The molecule has 0 saturated heterocycles. The molecule has 1 rings (SSSR count). The third-order valence-corrected chi connectivity index (χ3v) is 2.92. The molecule has 0 saturated carbocycles. The van der Waals surface area contributed by atoms with Gasteiger partial charge >= 0.3 is 5.97 Å². The van der Waals surface area contributed by atoms with Gasteiger partial charge in [-0.2, -0.15) is 0 Å². The van der Waals surface area contributed by atoms with E-state index in [-0.39, 0.29) is 5.92 Å². The van der Waals surface area contributed by atoms with Gasteiger partial charge in [-0.1, -0.05) is 52.0 Å². The molecule has 2 nitrogen and oxygen atoms in total. The summed E-state index contributed by atoms with van der Waals surface area (Å²) in [6, 6.07) is 8.01. The van der Waals surface area contributed by atoms with Crippen molar-refractivity contribution in [3.63, 3.8) is 0 Å². The van der Waals surface area contributed by atoms with Crippen molar-refractivity contribution < 1.29 is 9.90 Å². The minimum absolute atomic E-state index is 0.114. The standard InChI is InChI=1S/C15H22O2/c1-10(2)9-12-5-7-13(8-6-12)14(11(3)4)15(16)17/h5-8,10-11,14H,9H2,1-4H3,(H,16,17)/t14-/m1/s1. The van der Waals surface area contributed by atoms with Crippen molar-refractivity contribution in [1.29, 1.82) is 0 Å². The lowest BCUT2D eigenvalue weighted by atomic mass is 9.87. The Balaban J connectivity index is 2.88. The minimum Gasteiger partial charge on any atom is -0.481 e. The van der Waals surface area contributed by atoms with E-state index in [4.69, 9.17) is 0 Å². The monoisotopic (exact) mass is 234 g/mol. The number of rotatable bonds is 5. The summed E-state index contributed by atoms with van der Waals surface area (Å²) in [6.07, 6.45) is 1.04. The average molecular weight is 234 g/mol. The first-order chi connectivity index (χ1) is 7.91. The molecule has 0 amide bonds. The lowest BCUT2D eigenvalue weighted by Crippen LogP contribution is -2.17. The van der Waals surface area contributed by atoms with Crippen LogP contribution in [-0.4, -0.2) is 11.1 Å². The van der Waals surface area contributed by atoms with Gasteiger partial charge in [0.1, 0.15) is 0 Å². The molecule has 1 N–H and O–H groups in total. The summed E-state index contributed by atoms with van der Waals surface area (Å²) in [5.74, 6) is -0.399. The Morgan fingerprint density at radius 2 is 1.65 bits per heavy atom. The van der Waals surface area contributed by atoms with E-state index in [9.17, 15) is 9.90 Å². The lowest BCUT2D eigenvalue weighted by Gasteiger charge is -2.17. The fourth-order valence-electron chi connectivity index (χ4n) is 2.15. The van der Waals surface area contributed by atoms with E-state index in [1.807, 2.05) is 38.1 Å². The summed E-state index contributed by atoms with van der Waals surface area (Å²) in [4.78, 5) is 11.2. The fraction of sp³-hybridized carbons (Fsp3) is 0.533. The summed E-state index contributed by atoms with van der Waals surface area (Å²) in [6.45, 7) is 8.26. The quantitative estimate of drug-likeness (QED) is 0.843. The summed E-state index contributed by atoms with van der Waals surface area (Å²) in [5.41, 5.74) is 2.18. The van der Waals surface area contributed by atoms with Crippen LogP contribution in [0.1, 0.15) is 44.7 Å². The van der Waals surface area contributed by atoms with E-state index in [2.05, 4.69) is 13.8 Å². The maximum absolute atomic E-state index is 11.2. The highest BCUT2D eigenvalue weighted by atomic mass is 16.4. The van der Waals surface area contributed by atoms with Crippen LogP contribution in [0.4, 0.5) is 0 Å². The van der Waals surface area contributed by atoms with E-state index < -0.39 is 11.9 Å². The highest BCUT2D eigenvalue weighted by Gasteiger charge is 2.23. The van der Waals surface area contributed by atoms with Crippen molar-refractivity contribution in [3.05, 3.63) is 35.4 Å². The number of carbonyl (C=O) groups is 1. The first-order valence-corrected chi connectivity index (χ1v) is 6.23. The first-order valence-electron chi connectivity index (χ1n) is 6.23. The molecule has 1 aromatic carbocycles. The number of aliphatic carboxylic acids is 1. The zero-order valence-corrected chi connectivity index (χ0v) is 11.1. The smallest absolute Gasteiger partial charge is 0.311 e. The summed E-state index contributed by atoms with van der Waals surface area (Å²) < 4.78 is 0. The molecular weight excluding hydrogens is 212 g/mol. The van der Waals surface area contributed by atoms with Crippen LogP contribution >= 0.6 is 0 Å². The van der Waals surface area contributed by atoms with Crippen LogP contribution in [0, 0.1) is 11.8 Å². The molecule has 1 atom stereocenters. The molecule has 0 aliphatic carbocycles. The van der Waals surface area contributed by atoms with E-state index >= 15 is 0 Å². The van der Waals surface area contributed by atoms with Gasteiger partial charge in [0.05, 0.1) is 5.92 Å². The van der Waals surface area contributed by atoms with Crippen LogP contribution in [0.5, 0.6) is 0 Å². The van der Waals surface area contributed by atoms with Gasteiger partial charge in [0.2, 0.25) is 0 Å². The predicted molar refractivity (Wildman–Crippen MR) is 70.2 cm³/mol. The van der Waals surface area contributed by atoms with Gasteiger partial charge in [0.15, 0.2) is 0 Å². The number of benzene rings is 1. The van der Waals surface area contributed by atoms with Gasteiger partial charge in [-0.25, -0.2) is 0 Å². The van der Waals surface area contributed by atoms with Crippen LogP contribution < -0.4 is 0 Å². The maximum atomic E-state index is 11.2. The summed E-state index contributed by atoms with van der Waals surface area (Å²) in [7, 11) is 0. The Morgan fingerprint density at radius 3 is 2.00 bits per heavy atom. The second-order valence-electron chi connectivity index (χ2n) is 5.40. The summed E-state index contributed by atoms with van der Waals surface area (Å²) >= 11 is 0. The second-order valence-corrected chi connectivity index (χ2v) is 5.40. The minimum atomic E-state index is -0.739. The largest absolute Gasteiger partial charge is 0.481 e. The number of carboxylic acid groups (broad SMARTS) is 1. The molecule has 0 unspecified atom stereocenters. The summed E-state index contributed by atoms with van der Waals surface area (Å²) in [5, 5.41) is 9.21. The Morgan fingerprint density at radius 1 is 1.12 bits per heavy atom. The predicted octanol–water partition coefficient (Wildman–Crippen LogP) is 3.71. The van der Waals surface area contributed by atoms with Gasteiger partial charge in [-0.15, -0.1) is 0 Å². The molecule has 0 radical (unpaired) electrons. The zero-order valence-electron chi connectivity index (χ0n) is 11.1. The molecular formula is C15H22O2.